The maximum Gasteiger partial charge on any atom is 0.232 e. The van der Waals surface area contributed by atoms with Crippen LogP contribution in [0.5, 0.6) is 5.88 Å². The van der Waals surface area contributed by atoms with Crippen LogP contribution in [0.15, 0.2) is 42.9 Å². The standard InChI is InChI=1S/C22H26N4O3/c1-15-2-6-18(7-3-15)26-14-16(12-21(26)27)22(28)25-17-4-8-19(9-5-17)29-20-13-23-10-11-24-20/h2-3,6-7,10-11,13,16-17,19H,4-5,8-9,12,14H2,1H3,(H,25,28). The number of benzene rings is 1. The van der Waals surface area contributed by atoms with E-state index in [-0.39, 0.29) is 36.3 Å². The van der Waals surface area contributed by atoms with Crippen molar-refractivity contribution < 1.29 is 14.3 Å². The molecular formula is C22H26N4O3. The molecule has 1 atom stereocenters. The van der Waals surface area contributed by atoms with E-state index in [1.54, 1.807) is 23.5 Å². The van der Waals surface area contributed by atoms with Gasteiger partial charge in [0.05, 0.1) is 12.1 Å². The highest BCUT2D eigenvalue weighted by Crippen LogP contribution is 2.27. The van der Waals surface area contributed by atoms with Crippen molar-refractivity contribution in [2.45, 2.75) is 51.2 Å². The van der Waals surface area contributed by atoms with Gasteiger partial charge in [-0.25, -0.2) is 4.98 Å². The fourth-order valence-corrected chi connectivity index (χ4v) is 4.02. The van der Waals surface area contributed by atoms with Gasteiger partial charge in [0.25, 0.3) is 0 Å². The highest BCUT2D eigenvalue weighted by atomic mass is 16.5. The second-order valence-electron chi connectivity index (χ2n) is 7.88. The predicted octanol–water partition coefficient (Wildman–Crippen LogP) is 2.64. The number of hydrogen-bond acceptors (Lipinski definition) is 5. The minimum absolute atomic E-state index is 0.00934. The third-order valence-electron chi connectivity index (χ3n) is 5.69. The highest BCUT2D eigenvalue weighted by Gasteiger charge is 2.36. The average Bonchev–Trinajstić information content (AvgIpc) is 3.13. The molecular weight excluding hydrogens is 368 g/mol. The lowest BCUT2D eigenvalue weighted by Gasteiger charge is -2.29. The van der Waals surface area contributed by atoms with Crippen molar-refractivity contribution in [3.8, 4) is 5.88 Å². The van der Waals surface area contributed by atoms with Gasteiger partial charge in [0.1, 0.15) is 6.10 Å². The monoisotopic (exact) mass is 394 g/mol. The van der Waals surface area contributed by atoms with Gasteiger partial charge in [0.2, 0.25) is 17.7 Å². The van der Waals surface area contributed by atoms with Crippen molar-refractivity contribution in [3.63, 3.8) is 0 Å². The first-order chi connectivity index (χ1) is 14.1. The number of aromatic nitrogens is 2. The molecule has 1 aromatic carbocycles. The average molecular weight is 394 g/mol. The Morgan fingerprint density at radius 1 is 1.14 bits per heavy atom. The number of nitrogens with one attached hydrogen (secondary N) is 1. The second-order valence-corrected chi connectivity index (χ2v) is 7.88. The molecule has 152 valence electrons. The lowest BCUT2D eigenvalue weighted by Crippen LogP contribution is -2.43. The number of hydrogen-bond donors (Lipinski definition) is 1. The summed E-state index contributed by atoms with van der Waals surface area (Å²) in [6.45, 7) is 2.46. The van der Waals surface area contributed by atoms with Crippen molar-refractivity contribution in [3.05, 3.63) is 48.4 Å². The molecule has 4 rings (SSSR count). The van der Waals surface area contributed by atoms with Crippen LogP contribution in [-0.4, -0.2) is 40.5 Å². The van der Waals surface area contributed by atoms with E-state index in [9.17, 15) is 9.59 Å². The molecule has 2 amide bonds. The summed E-state index contributed by atoms with van der Waals surface area (Å²) in [6.07, 6.45) is 8.66. The van der Waals surface area contributed by atoms with Crippen LogP contribution in [0.3, 0.4) is 0 Å². The Hall–Kier alpha value is -2.96. The van der Waals surface area contributed by atoms with Crippen molar-refractivity contribution >= 4 is 17.5 Å². The van der Waals surface area contributed by atoms with E-state index in [1.807, 2.05) is 31.2 Å². The molecule has 2 aromatic rings. The van der Waals surface area contributed by atoms with Gasteiger partial charge in [-0.1, -0.05) is 17.7 Å². The zero-order valence-corrected chi connectivity index (χ0v) is 16.6. The molecule has 1 saturated heterocycles. The third kappa shape index (κ3) is 4.72. The van der Waals surface area contributed by atoms with Crippen LogP contribution in [0.1, 0.15) is 37.7 Å². The summed E-state index contributed by atoms with van der Waals surface area (Å²) in [5, 5.41) is 3.15. The molecule has 1 aliphatic heterocycles. The van der Waals surface area contributed by atoms with Gasteiger partial charge in [-0.3, -0.25) is 14.6 Å². The Bertz CT molecular complexity index is 848. The number of ether oxygens (including phenoxy) is 1. The van der Waals surface area contributed by atoms with Gasteiger partial charge in [-0.2, -0.15) is 0 Å². The van der Waals surface area contributed by atoms with E-state index in [0.29, 0.717) is 12.4 Å². The highest BCUT2D eigenvalue weighted by molar-refractivity contribution is 6.00. The number of carbonyl (C=O) groups excluding carboxylic acids is 2. The van der Waals surface area contributed by atoms with Crippen molar-refractivity contribution in [2.75, 3.05) is 11.4 Å². The molecule has 7 nitrogen and oxygen atoms in total. The molecule has 2 fully saturated rings. The topological polar surface area (TPSA) is 84.4 Å². The number of amides is 2. The third-order valence-corrected chi connectivity index (χ3v) is 5.69. The van der Waals surface area contributed by atoms with Crippen molar-refractivity contribution in [2.24, 2.45) is 5.92 Å². The molecule has 7 heteroatoms. The number of rotatable bonds is 5. The Morgan fingerprint density at radius 2 is 1.90 bits per heavy atom. The lowest BCUT2D eigenvalue weighted by molar-refractivity contribution is -0.127. The number of anilines is 1. The van der Waals surface area contributed by atoms with Gasteiger partial charge in [-0.05, 0) is 44.7 Å². The first-order valence-electron chi connectivity index (χ1n) is 10.2. The molecule has 0 radical (unpaired) electrons. The SMILES string of the molecule is Cc1ccc(N2CC(C(=O)NC3CCC(Oc4cnccn4)CC3)CC2=O)cc1. The smallest absolute Gasteiger partial charge is 0.232 e. The maximum absolute atomic E-state index is 12.7. The Kier molecular flexibility index (Phi) is 5.74. The number of aryl methyl sites for hydroxylation is 1. The maximum atomic E-state index is 12.7. The minimum Gasteiger partial charge on any atom is -0.473 e. The first-order valence-corrected chi connectivity index (χ1v) is 10.2. The summed E-state index contributed by atoms with van der Waals surface area (Å²) in [7, 11) is 0. The normalized spacial score (nSPS) is 24.4. The van der Waals surface area contributed by atoms with E-state index < -0.39 is 0 Å². The van der Waals surface area contributed by atoms with E-state index in [4.69, 9.17) is 4.74 Å². The zero-order chi connectivity index (χ0) is 20.2. The van der Waals surface area contributed by atoms with Gasteiger partial charge in [0, 0.05) is 37.1 Å². The van der Waals surface area contributed by atoms with Crippen molar-refractivity contribution in [1.82, 2.24) is 15.3 Å². The fraction of sp³-hybridized carbons (Fsp3) is 0.455. The van der Waals surface area contributed by atoms with Crippen molar-refractivity contribution in [1.29, 1.82) is 0 Å². The lowest BCUT2D eigenvalue weighted by atomic mass is 9.92. The van der Waals surface area contributed by atoms with E-state index in [0.717, 1.165) is 36.9 Å². The fourth-order valence-electron chi connectivity index (χ4n) is 4.02. The zero-order valence-electron chi connectivity index (χ0n) is 16.6. The summed E-state index contributed by atoms with van der Waals surface area (Å²) in [6, 6.07) is 7.97. The van der Waals surface area contributed by atoms with Crippen LogP contribution in [0.4, 0.5) is 5.69 Å². The molecule has 2 heterocycles. The molecule has 1 aromatic heterocycles. The molecule has 2 aliphatic rings. The Balaban J connectivity index is 1.26. The summed E-state index contributed by atoms with van der Waals surface area (Å²) in [5.74, 6) is 0.236. The Morgan fingerprint density at radius 3 is 2.59 bits per heavy atom. The van der Waals surface area contributed by atoms with Gasteiger partial charge >= 0.3 is 0 Å². The predicted molar refractivity (Wildman–Crippen MR) is 108 cm³/mol. The molecule has 29 heavy (non-hydrogen) atoms. The first kappa shape index (κ1) is 19.4. The largest absolute Gasteiger partial charge is 0.473 e. The molecule has 1 unspecified atom stereocenters. The van der Waals surface area contributed by atoms with Crippen LogP contribution in [-0.2, 0) is 9.59 Å². The van der Waals surface area contributed by atoms with E-state index >= 15 is 0 Å². The van der Waals surface area contributed by atoms with Crippen LogP contribution in [0.2, 0.25) is 0 Å². The Labute approximate surface area is 170 Å². The van der Waals surface area contributed by atoms with E-state index in [2.05, 4.69) is 15.3 Å². The van der Waals surface area contributed by atoms with Gasteiger partial charge < -0.3 is 15.0 Å². The molecule has 1 saturated carbocycles. The number of nitrogens with zero attached hydrogens (tertiary/aromatic N) is 3. The van der Waals surface area contributed by atoms with Crippen LogP contribution in [0, 0.1) is 12.8 Å². The molecule has 1 aliphatic carbocycles. The summed E-state index contributed by atoms with van der Waals surface area (Å²) < 4.78 is 5.86. The summed E-state index contributed by atoms with van der Waals surface area (Å²) in [4.78, 5) is 35.0. The van der Waals surface area contributed by atoms with Crippen LogP contribution in [0.25, 0.3) is 0 Å². The van der Waals surface area contributed by atoms with E-state index in [1.165, 1.54) is 0 Å². The van der Waals surface area contributed by atoms with Crippen LogP contribution < -0.4 is 15.0 Å². The molecule has 0 bridgehead atoms. The van der Waals surface area contributed by atoms with Gasteiger partial charge in [0.15, 0.2) is 0 Å². The van der Waals surface area contributed by atoms with Gasteiger partial charge in [-0.15, -0.1) is 0 Å². The van der Waals surface area contributed by atoms with Crippen LogP contribution >= 0.6 is 0 Å². The summed E-state index contributed by atoms with van der Waals surface area (Å²) >= 11 is 0. The number of carbonyl (C=O) groups is 2. The quantitative estimate of drug-likeness (QED) is 0.843. The minimum atomic E-state index is -0.294. The second kappa shape index (κ2) is 8.59. The summed E-state index contributed by atoms with van der Waals surface area (Å²) in [5.41, 5.74) is 2.01. The molecule has 1 N–H and O–H groups in total. The molecule has 0 spiro atoms.